The maximum Gasteiger partial charge on any atom is 0.285 e. The maximum absolute atomic E-state index is 11.7. The van der Waals surface area contributed by atoms with Gasteiger partial charge in [-0.3, -0.25) is 10.2 Å². The number of hydrogen-bond donors (Lipinski definition) is 1. The first-order valence-electron chi connectivity index (χ1n) is 6.04. The summed E-state index contributed by atoms with van der Waals surface area (Å²) in [5, 5.41) is 1.98. The molecule has 102 valence electrons. The normalized spacial score (nSPS) is 19.2. The Labute approximate surface area is 108 Å². The molecular weight excluding hydrogens is 232 g/mol. The van der Waals surface area contributed by atoms with Crippen molar-refractivity contribution in [1.29, 1.82) is 0 Å². The second kappa shape index (κ2) is 7.13. The average Bonchev–Trinajstić information content (AvgIpc) is 2.90. The Morgan fingerprint density at radius 1 is 1.56 bits per heavy atom. The molecule has 1 aromatic rings. The van der Waals surface area contributed by atoms with E-state index in [-0.39, 0.29) is 5.91 Å². The van der Waals surface area contributed by atoms with Crippen molar-refractivity contribution in [1.82, 2.24) is 20.0 Å². The predicted octanol–water partition coefficient (Wildman–Crippen LogP) is 0.812. The van der Waals surface area contributed by atoms with E-state index < -0.39 is 0 Å². The van der Waals surface area contributed by atoms with Crippen LogP contribution in [0.2, 0.25) is 0 Å². The third kappa shape index (κ3) is 4.12. The number of imidazole rings is 1. The van der Waals surface area contributed by atoms with Crippen LogP contribution in [0, 0.1) is 0 Å². The van der Waals surface area contributed by atoms with Gasteiger partial charge in [0.1, 0.15) is 5.69 Å². The minimum absolute atomic E-state index is 0.121. The Morgan fingerprint density at radius 2 is 2.22 bits per heavy atom. The fourth-order valence-corrected chi connectivity index (χ4v) is 1.82. The van der Waals surface area contributed by atoms with Crippen molar-refractivity contribution in [3.63, 3.8) is 0 Å². The van der Waals surface area contributed by atoms with Crippen molar-refractivity contribution in [2.24, 2.45) is 7.05 Å². The quantitative estimate of drug-likeness (QED) is 0.848. The fraction of sp³-hybridized carbons (Fsp3) is 0.667. The molecule has 1 aromatic heterocycles. The number of nitrogens with zero attached hydrogens (tertiary/aromatic N) is 3. The fourth-order valence-electron chi connectivity index (χ4n) is 1.82. The minimum Gasteiger partial charge on any atom is -0.388 e. The number of ether oxygens (including phenoxy) is 1. The van der Waals surface area contributed by atoms with Gasteiger partial charge in [-0.25, -0.2) is 9.99 Å². The van der Waals surface area contributed by atoms with E-state index in [4.69, 9.17) is 0 Å². The van der Waals surface area contributed by atoms with Crippen LogP contribution in [-0.4, -0.2) is 47.3 Å². The van der Waals surface area contributed by atoms with Gasteiger partial charge in [-0.1, -0.05) is 0 Å². The molecule has 0 aliphatic carbocycles. The summed E-state index contributed by atoms with van der Waals surface area (Å²) in [7, 11) is 5.10. The molecule has 0 bridgehead atoms. The van der Waals surface area contributed by atoms with Gasteiger partial charge in [0.15, 0.2) is 0 Å². The van der Waals surface area contributed by atoms with Crippen LogP contribution >= 0.6 is 0 Å². The molecule has 1 aliphatic rings. The number of carbonyl (C=O) groups excluding carboxylic acids is 1. The summed E-state index contributed by atoms with van der Waals surface area (Å²) in [6, 6.07) is 0.428. The molecule has 1 atom stereocenters. The molecule has 2 heterocycles. The van der Waals surface area contributed by atoms with Crippen molar-refractivity contribution in [3.05, 3.63) is 18.2 Å². The van der Waals surface area contributed by atoms with Gasteiger partial charge >= 0.3 is 0 Å². The molecule has 1 N–H and O–H groups in total. The third-order valence-corrected chi connectivity index (χ3v) is 2.74. The van der Waals surface area contributed by atoms with Gasteiger partial charge in [-0.05, 0) is 19.8 Å². The highest BCUT2D eigenvalue weighted by molar-refractivity contribution is 5.91. The Kier molecular flexibility index (Phi) is 5.80. The number of amides is 1. The van der Waals surface area contributed by atoms with Gasteiger partial charge < -0.3 is 9.30 Å². The van der Waals surface area contributed by atoms with E-state index in [2.05, 4.69) is 22.1 Å². The first-order chi connectivity index (χ1) is 8.58. The van der Waals surface area contributed by atoms with Crippen LogP contribution in [-0.2, 0) is 11.8 Å². The van der Waals surface area contributed by atoms with E-state index in [1.807, 2.05) is 12.1 Å². The van der Waals surface area contributed by atoms with Crippen LogP contribution in [0.25, 0.3) is 0 Å². The highest BCUT2D eigenvalue weighted by Crippen LogP contribution is 2.13. The molecule has 0 radical (unpaired) electrons. The number of nitrogens with one attached hydrogen (secondary N) is 1. The van der Waals surface area contributed by atoms with Gasteiger partial charge in [0, 0.05) is 40.1 Å². The molecule has 18 heavy (non-hydrogen) atoms. The molecule has 0 spiro atoms. The number of aromatic nitrogens is 2. The lowest BCUT2D eigenvalue weighted by Crippen LogP contribution is -2.44. The number of aryl methyl sites for hydroxylation is 1. The van der Waals surface area contributed by atoms with Crippen LogP contribution in [0.4, 0.5) is 0 Å². The average molecular weight is 254 g/mol. The Hall–Kier alpha value is -1.40. The van der Waals surface area contributed by atoms with Crippen molar-refractivity contribution in [3.8, 4) is 0 Å². The molecule has 6 nitrogen and oxygen atoms in total. The lowest BCUT2D eigenvalue weighted by atomic mass is 10.3. The van der Waals surface area contributed by atoms with Crippen LogP contribution in [0.15, 0.2) is 12.5 Å². The largest absolute Gasteiger partial charge is 0.388 e. The van der Waals surface area contributed by atoms with E-state index in [9.17, 15) is 4.79 Å². The minimum atomic E-state index is -0.121. The monoisotopic (exact) mass is 254 g/mol. The smallest absolute Gasteiger partial charge is 0.285 e. The van der Waals surface area contributed by atoms with Gasteiger partial charge in [0.2, 0.25) is 0 Å². The van der Waals surface area contributed by atoms with Crippen LogP contribution in [0.5, 0.6) is 0 Å². The van der Waals surface area contributed by atoms with Crippen molar-refractivity contribution >= 4 is 5.91 Å². The summed E-state index contributed by atoms with van der Waals surface area (Å²) >= 11 is 0. The number of hydrazine groups is 1. The molecule has 6 heteroatoms. The molecule has 2 rings (SSSR count). The number of carbonyl (C=O) groups is 1. The number of methoxy groups -OCH3 is 1. The summed E-state index contributed by atoms with van der Waals surface area (Å²) in [4.78, 5) is 15.7. The zero-order valence-electron chi connectivity index (χ0n) is 11.5. The Morgan fingerprint density at radius 3 is 2.67 bits per heavy atom. The predicted molar refractivity (Wildman–Crippen MR) is 69.0 cm³/mol. The topological polar surface area (TPSA) is 59.4 Å². The molecule has 1 unspecified atom stereocenters. The summed E-state index contributed by atoms with van der Waals surface area (Å²) in [6.07, 6.45) is 5.63. The maximum atomic E-state index is 11.7. The lowest BCUT2D eigenvalue weighted by molar-refractivity contribution is 0.0772. The van der Waals surface area contributed by atoms with E-state index in [0.717, 1.165) is 19.4 Å². The van der Waals surface area contributed by atoms with E-state index in [1.54, 1.807) is 31.3 Å². The summed E-state index contributed by atoms with van der Waals surface area (Å²) in [5.41, 5.74) is 3.35. The lowest BCUT2D eigenvalue weighted by Gasteiger charge is -2.21. The van der Waals surface area contributed by atoms with E-state index in [0.29, 0.717) is 11.7 Å². The number of hydrogen-bond acceptors (Lipinski definition) is 4. The van der Waals surface area contributed by atoms with Crippen LogP contribution in [0.3, 0.4) is 0 Å². The highest BCUT2D eigenvalue weighted by atomic mass is 16.4. The molecule has 1 amide bonds. The Balaban J connectivity index is 0.000000492. The zero-order chi connectivity index (χ0) is 13.5. The van der Waals surface area contributed by atoms with Crippen LogP contribution < -0.4 is 5.43 Å². The second-order valence-corrected chi connectivity index (χ2v) is 4.46. The van der Waals surface area contributed by atoms with Gasteiger partial charge in [-0.2, -0.15) is 0 Å². The summed E-state index contributed by atoms with van der Waals surface area (Å²) in [5.74, 6) is -0.121. The highest BCUT2D eigenvalue weighted by Gasteiger charge is 2.22. The molecule has 0 aromatic carbocycles. The van der Waals surface area contributed by atoms with E-state index >= 15 is 0 Å². The van der Waals surface area contributed by atoms with Gasteiger partial charge in [0.05, 0.1) is 6.33 Å². The van der Waals surface area contributed by atoms with Gasteiger partial charge in [-0.15, -0.1) is 0 Å². The SMILES string of the molecule is CC1CCCN1NC(=O)c1cn(C)cn1.COC. The third-order valence-electron chi connectivity index (χ3n) is 2.74. The molecule has 1 aliphatic heterocycles. The summed E-state index contributed by atoms with van der Waals surface area (Å²) in [6.45, 7) is 3.05. The van der Waals surface area contributed by atoms with Crippen molar-refractivity contribution in [2.75, 3.05) is 20.8 Å². The zero-order valence-corrected chi connectivity index (χ0v) is 11.5. The number of rotatable bonds is 2. The van der Waals surface area contributed by atoms with Crippen molar-refractivity contribution in [2.45, 2.75) is 25.8 Å². The van der Waals surface area contributed by atoms with Gasteiger partial charge in [0.25, 0.3) is 5.91 Å². The first-order valence-corrected chi connectivity index (χ1v) is 6.04. The second-order valence-electron chi connectivity index (χ2n) is 4.46. The Bertz CT molecular complexity index is 378. The standard InChI is InChI=1S/C10H16N4O.C2H6O/c1-8-4-3-5-14(8)12-10(15)9-6-13(2)7-11-9;1-3-2/h6-8H,3-5H2,1-2H3,(H,12,15);1-2H3. The molecular formula is C12H22N4O2. The molecule has 1 saturated heterocycles. The van der Waals surface area contributed by atoms with Crippen LogP contribution in [0.1, 0.15) is 30.3 Å². The van der Waals surface area contributed by atoms with Crippen molar-refractivity contribution < 1.29 is 9.53 Å². The molecule has 1 fully saturated rings. The molecule has 0 saturated carbocycles. The first kappa shape index (κ1) is 14.7. The summed E-state index contributed by atoms with van der Waals surface area (Å²) < 4.78 is 6.02. The van der Waals surface area contributed by atoms with E-state index in [1.165, 1.54) is 0 Å².